The lowest BCUT2D eigenvalue weighted by Gasteiger charge is -2.22. The zero-order valence-corrected chi connectivity index (χ0v) is 11.9. The zero-order valence-electron chi connectivity index (χ0n) is 11.9. The van der Waals surface area contributed by atoms with Crippen molar-refractivity contribution in [3.8, 4) is 0 Å². The molecule has 0 aromatic carbocycles. The van der Waals surface area contributed by atoms with Crippen LogP contribution in [-0.2, 0) is 14.3 Å². The van der Waals surface area contributed by atoms with Crippen LogP contribution in [0.2, 0.25) is 0 Å². The maximum atomic E-state index is 11.9. The van der Waals surface area contributed by atoms with Gasteiger partial charge in [-0.05, 0) is 26.7 Å². The molecule has 1 aliphatic rings. The lowest BCUT2D eigenvalue weighted by molar-refractivity contribution is -0.139. The standard InChI is InChI=1S/C14H25NO4/c1-10(9-13(16)17)15-14(18)11(2)19-12-7-5-3-4-6-8-12/h10-12H,3-9H2,1-2H3,(H,15,18)(H,16,17). The summed E-state index contributed by atoms with van der Waals surface area (Å²) in [5.41, 5.74) is 0. The molecule has 110 valence electrons. The van der Waals surface area contributed by atoms with Gasteiger partial charge in [-0.2, -0.15) is 0 Å². The van der Waals surface area contributed by atoms with Crippen LogP contribution in [0.4, 0.5) is 0 Å². The van der Waals surface area contributed by atoms with Gasteiger partial charge in [0, 0.05) is 6.04 Å². The Morgan fingerprint density at radius 1 is 1.21 bits per heavy atom. The van der Waals surface area contributed by atoms with Gasteiger partial charge in [0.15, 0.2) is 0 Å². The molecule has 0 aromatic heterocycles. The maximum absolute atomic E-state index is 11.9. The van der Waals surface area contributed by atoms with Crippen LogP contribution in [-0.4, -0.2) is 35.2 Å². The molecular formula is C14H25NO4. The number of rotatable bonds is 6. The minimum atomic E-state index is -0.912. The molecule has 0 radical (unpaired) electrons. The molecule has 5 nitrogen and oxygen atoms in total. The van der Waals surface area contributed by atoms with Gasteiger partial charge >= 0.3 is 5.97 Å². The van der Waals surface area contributed by atoms with Crippen molar-refractivity contribution in [2.24, 2.45) is 0 Å². The highest BCUT2D eigenvalue weighted by Gasteiger charge is 2.21. The van der Waals surface area contributed by atoms with E-state index in [0.29, 0.717) is 0 Å². The topological polar surface area (TPSA) is 75.6 Å². The normalized spacial score (nSPS) is 20.3. The van der Waals surface area contributed by atoms with Gasteiger partial charge in [-0.3, -0.25) is 9.59 Å². The summed E-state index contributed by atoms with van der Waals surface area (Å²) < 4.78 is 5.78. The molecule has 1 aliphatic carbocycles. The Morgan fingerprint density at radius 3 is 2.32 bits per heavy atom. The Labute approximate surface area is 114 Å². The average Bonchev–Trinajstić information content (AvgIpc) is 2.56. The summed E-state index contributed by atoms with van der Waals surface area (Å²) in [7, 11) is 0. The molecule has 0 aliphatic heterocycles. The monoisotopic (exact) mass is 271 g/mol. The zero-order chi connectivity index (χ0) is 14.3. The molecule has 5 heteroatoms. The summed E-state index contributed by atoms with van der Waals surface area (Å²) in [6.45, 7) is 3.41. The molecule has 0 bridgehead atoms. The predicted molar refractivity (Wildman–Crippen MR) is 71.9 cm³/mol. The van der Waals surface area contributed by atoms with E-state index in [2.05, 4.69) is 5.32 Å². The van der Waals surface area contributed by atoms with E-state index in [4.69, 9.17) is 9.84 Å². The second kappa shape index (κ2) is 8.15. The molecule has 2 N–H and O–H groups in total. The van der Waals surface area contributed by atoms with Crippen molar-refractivity contribution in [2.45, 2.75) is 77.0 Å². The fourth-order valence-electron chi connectivity index (χ4n) is 2.40. The minimum absolute atomic E-state index is 0.0676. The third kappa shape index (κ3) is 6.57. The largest absolute Gasteiger partial charge is 0.481 e. The Bertz CT molecular complexity index is 298. The van der Waals surface area contributed by atoms with Crippen LogP contribution in [0.1, 0.15) is 58.8 Å². The Morgan fingerprint density at radius 2 is 1.79 bits per heavy atom. The molecule has 1 saturated carbocycles. The smallest absolute Gasteiger partial charge is 0.305 e. The van der Waals surface area contributed by atoms with Crippen molar-refractivity contribution >= 4 is 11.9 Å². The number of aliphatic carboxylic acids is 1. The molecular weight excluding hydrogens is 246 g/mol. The number of hydrogen-bond donors (Lipinski definition) is 2. The van der Waals surface area contributed by atoms with Crippen molar-refractivity contribution in [3.05, 3.63) is 0 Å². The SMILES string of the molecule is CC(CC(=O)O)NC(=O)C(C)OC1CCCCCC1. The van der Waals surface area contributed by atoms with E-state index in [9.17, 15) is 9.59 Å². The van der Waals surface area contributed by atoms with Gasteiger partial charge in [0.1, 0.15) is 6.10 Å². The molecule has 0 heterocycles. The van der Waals surface area contributed by atoms with Crippen LogP contribution in [0.5, 0.6) is 0 Å². The number of carbonyl (C=O) groups is 2. The van der Waals surface area contributed by atoms with E-state index >= 15 is 0 Å². The highest BCUT2D eigenvalue weighted by atomic mass is 16.5. The molecule has 0 saturated heterocycles. The number of carbonyl (C=O) groups excluding carboxylic acids is 1. The quantitative estimate of drug-likeness (QED) is 0.725. The fraction of sp³-hybridized carbons (Fsp3) is 0.857. The Hall–Kier alpha value is -1.10. The Kier molecular flexibility index (Phi) is 6.84. The van der Waals surface area contributed by atoms with Gasteiger partial charge in [-0.15, -0.1) is 0 Å². The molecule has 1 rings (SSSR count). The van der Waals surface area contributed by atoms with E-state index in [1.165, 1.54) is 12.8 Å². The van der Waals surface area contributed by atoms with Crippen LogP contribution in [0.15, 0.2) is 0 Å². The van der Waals surface area contributed by atoms with E-state index in [-0.39, 0.29) is 24.5 Å². The first-order valence-electron chi connectivity index (χ1n) is 7.16. The molecule has 2 unspecified atom stereocenters. The highest BCUT2D eigenvalue weighted by Crippen LogP contribution is 2.20. The number of nitrogens with one attached hydrogen (secondary N) is 1. The van der Waals surface area contributed by atoms with Crippen LogP contribution in [0.25, 0.3) is 0 Å². The first-order chi connectivity index (χ1) is 8.99. The van der Waals surface area contributed by atoms with Crippen molar-refractivity contribution in [2.75, 3.05) is 0 Å². The number of carboxylic acid groups (broad SMARTS) is 1. The van der Waals surface area contributed by atoms with Crippen molar-refractivity contribution < 1.29 is 19.4 Å². The first-order valence-corrected chi connectivity index (χ1v) is 7.16. The van der Waals surface area contributed by atoms with E-state index < -0.39 is 12.1 Å². The maximum Gasteiger partial charge on any atom is 0.305 e. The number of ether oxygens (including phenoxy) is 1. The molecule has 0 spiro atoms. The summed E-state index contributed by atoms with van der Waals surface area (Å²) in [4.78, 5) is 22.4. The summed E-state index contributed by atoms with van der Waals surface area (Å²) >= 11 is 0. The van der Waals surface area contributed by atoms with Gasteiger partial charge < -0.3 is 15.2 Å². The van der Waals surface area contributed by atoms with Gasteiger partial charge in [0.25, 0.3) is 0 Å². The van der Waals surface area contributed by atoms with Gasteiger partial charge in [0.05, 0.1) is 12.5 Å². The van der Waals surface area contributed by atoms with Crippen LogP contribution < -0.4 is 5.32 Å². The van der Waals surface area contributed by atoms with Crippen LogP contribution >= 0.6 is 0 Å². The van der Waals surface area contributed by atoms with Crippen molar-refractivity contribution in [3.63, 3.8) is 0 Å². The van der Waals surface area contributed by atoms with Gasteiger partial charge in [0.2, 0.25) is 5.91 Å². The number of hydrogen-bond acceptors (Lipinski definition) is 3. The lowest BCUT2D eigenvalue weighted by Crippen LogP contribution is -2.42. The summed E-state index contributed by atoms with van der Waals surface area (Å²) in [6, 6.07) is -0.370. The second-order valence-electron chi connectivity index (χ2n) is 5.40. The highest BCUT2D eigenvalue weighted by molar-refractivity contribution is 5.81. The molecule has 1 amide bonds. The summed E-state index contributed by atoms with van der Waals surface area (Å²) in [6.07, 6.45) is 6.43. The van der Waals surface area contributed by atoms with Gasteiger partial charge in [-0.1, -0.05) is 25.7 Å². The molecule has 19 heavy (non-hydrogen) atoms. The predicted octanol–water partition coefficient (Wildman–Crippen LogP) is 2.09. The van der Waals surface area contributed by atoms with Crippen molar-refractivity contribution in [1.29, 1.82) is 0 Å². The van der Waals surface area contributed by atoms with E-state index in [1.807, 2.05) is 0 Å². The fourth-order valence-corrected chi connectivity index (χ4v) is 2.40. The number of amides is 1. The minimum Gasteiger partial charge on any atom is -0.481 e. The van der Waals surface area contributed by atoms with Gasteiger partial charge in [-0.25, -0.2) is 0 Å². The third-order valence-electron chi connectivity index (χ3n) is 3.44. The third-order valence-corrected chi connectivity index (χ3v) is 3.44. The molecule has 0 aromatic rings. The number of carboxylic acids is 1. The Balaban J connectivity index is 2.32. The molecule has 2 atom stereocenters. The summed E-state index contributed by atoms with van der Waals surface area (Å²) in [5, 5.41) is 11.3. The van der Waals surface area contributed by atoms with Crippen LogP contribution in [0.3, 0.4) is 0 Å². The lowest BCUT2D eigenvalue weighted by atomic mass is 10.1. The second-order valence-corrected chi connectivity index (χ2v) is 5.40. The summed E-state index contributed by atoms with van der Waals surface area (Å²) in [5.74, 6) is -1.14. The van der Waals surface area contributed by atoms with Crippen LogP contribution in [0, 0.1) is 0 Å². The first kappa shape index (κ1) is 16.0. The average molecular weight is 271 g/mol. The van der Waals surface area contributed by atoms with Crippen molar-refractivity contribution in [1.82, 2.24) is 5.32 Å². The van der Waals surface area contributed by atoms with E-state index in [1.54, 1.807) is 13.8 Å². The van der Waals surface area contributed by atoms with E-state index in [0.717, 1.165) is 25.7 Å². The molecule has 1 fully saturated rings.